The zero-order valence-electron chi connectivity index (χ0n) is 17.7. The molecule has 1 atom stereocenters. The van der Waals surface area contributed by atoms with Crippen molar-refractivity contribution < 1.29 is 4.79 Å². The quantitative estimate of drug-likeness (QED) is 0.667. The Morgan fingerprint density at radius 3 is 2.77 bits per heavy atom. The molecule has 0 unspecified atom stereocenters. The van der Waals surface area contributed by atoms with Gasteiger partial charge in [-0.25, -0.2) is 9.97 Å². The molecule has 160 valence electrons. The summed E-state index contributed by atoms with van der Waals surface area (Å²) in [7, 11) is 3.84. The third-order valence-corrected chi connectivity index (χ3v) is 6.45. The number of rotatable bonds is 4. The fourth-order valence-electron chi connectivity index (χ4n) is 4.63. The van der Waals surface area contributed by atoms with Gasteiger partial charge < -0.3 is 9.80 Å². The second-order valence-corrected chi connectivity index (χ2v) is 8.85. The molecule has 8 heteroatoms. The number of amides is 1. The molecular weight excluding hydrogens is 412 g/mol. The van der Waals surface area contributed by atoms with Gasteiger partial charge >= 0.3 is 0 Å². The highest BCUT2D eigenvalue weighted by Gasteiger charge is 2.36. The van der Waals surface area contributed by atoms with Crippen molar-refractivity contribution in [1.29, 1.82) is 0 Å². The Bertz CT molecular complexity index is 1120. The minimum Gasteiger partial charge on any atom is -0.347 e. The maximum Gasteiger partial charge on any atom is 0.275 e. The van der Waals surface area contributed by atoms with E-state index in [9.17, 15) is 4.79 Å². The Morgan fingerprint density at radius 1 is 1.19 bits per heavy atom. The van der Waals surface area contributed by atoms with Crippen LogP contribution in [0.15, 0.2) is 30.5 Å². The molecule has 1 aromatic carbocycles. The minimum absolute atomic E-state index is 0.00558. The molecular formula is C23H25ClN6O. The highest BCUT2D eigenvalue weighted by atomic mass is 35.5. The lowest BCUT2D eigenvalue weighted by Crippen LogP contribution is -2.32. The maximum atomic E-state index is 13.5. The smallest absolute Gasteiger partial charge is 0.275 e. The van der Waals surface area contributed by atoms with Crippen molar-refractivity contribution in [1.82, 2.24) is 25.1 Å². The number of aryl methyl sites for hydroxylation is 1. The number of likely N-dealkylation sites (tertiary alicyclic amines) is 1. The second kappa shape index (κ2) is 7.96. The van der Waals surface area contributed by atoms with Crippen molar-refractivity contribution in [3.05, 3.63) is 58.1 Å². The second-order valence-electron chi connectivity index (χ2n) is 8.41. The van der Waals surface area contributed by atoms with Crippen molar-refractivity contribution in [3.63, 3.8) is 0 Å². The minimum atomic E-state index is -0.117. The van der Waals surface area contributed by atoms with E-state index < -0.39 is 0 Å². The van der Waals surface area contributed by atoms with Crippen molar-refractivity contribution >= 4 is 23.5 Å². The summed E-state index contributed by atoms with van der Waals surface area (Å²) >= 11 is 6.10. The predicted octanol–water partition coefficient (Wildman–Crippen LogP) is 4.05. The number of hydrogen-bond donors (Lipinski definition) is 1. The van der Waals surface area contributed by atoms with Gasteiger partial charge in [0.2, 0.25) is 5.95 Å². The number of aromatic amines is 1. The molecule has 31 heavy (non-hydrogen) atoms. The molecule has 1 aliphatic heterocycles. The van der Waals surface area contributed by atoms with Crippen LogP contribution in [0.4, 0.5) is 5.95 Å². The molecule has 5 rings (SSSR count). The fraction of sp³-hybridized carbons (Fsp3) is 0.391. The zero-order chi connectivity index (χ0) is 21.5. The number of aromatic nitrogens is 4. The molecule has 1 amide bonds. The molecule has 2 aliphatic rings. The van der Waals surface area contributed by atoms with E-state index in [1.807, 2.05) is 54.4 Å². The average Bonchev–Trinajstić information content (AvgIpc) is 3.50. The molecule has 3 heterocycles. The van der Waals surface area contributed by atoms with Crippen LogP contribution in [0.5, 0.6) is 0 Å². The summed E-state index contributed by atoms with van der Waals surface area (Å²) in [6.45, 7) is 0.701. The summed E-state index contributed by atoms with van der Waals surface area (Å²) in [5.74, 6) is 0.627. The average molecular weight is 437 g/mol. The van der Waals surface area contributed by atoms with Gasteiger partial charge in [0, 0.05) is 48.7 Å². The molecule has 0 spiro atoms. The van der Waals surface area contributed by atoms with Crippen molar-refractivity contribution in [2.45, 2.75) is 38.1 Å². The van der Waals surface area contributed by atoms with Crippen LogP contribution in [0.25, 0.3) is 11.1 Å². The first-order chi connectivity index (χ1) is 15.0. The Kier molecular flexibility index (Phi) is 5.14. The number of benzene rings is 1. The third kappa shape index (κ3) is 3.57. The first kappa shape index (κ1) is 20.0. The largest absolute Gasteiger partial charge is 0.347 e. The number of nitrogens with zero attached hydrogens (tertiary/aromatic N) is 5. The van der Waals surface area contributed by atoms with E-state index in [4.69, 9.17) is 16.6 Å². The first-order valence-corrected chi connectivity index (χ1v) is 11.1. The monoisotopic (exact) mass is 436 g/mol. The highest BCUT2D eigenvalue weighted by molar-refractivity contribution is 6.30. The van der Waals surface area contributed by atoms with Gasteiger partial charge in [-0.05, 0) is 49.8 Å². The van der Waals surface area contributed by atoms with Gasteiger partial charge in [0.05, 0.1) is 11.7 Å². The van der Waals surface area contributed by atoms with E-state index in [2.05, 4.69) is 15.2 Å². The van der Waals surface area contributed by atoms with Crippen molar-refractivity contribution in [2.24, 2.45) is 0 Å². The molecule has 7 nitrogen and oxygen atoms in total. The van der Waals surface area contributed by atoms with Gasteiger partial charge in [-0.1, -0.05) is 23.7 Å². The standard InChI is InChI=1S/C23H25ClN6O/c1-29(2)23-25-13-17(14-8-10-15(24)11-9-14)20(26-23)19-7-4-12-30(19)22(31)21-16-5-3-6-18(16)27-28-21/h8-11,13,19H,3-7,12H2,1-2H3,(H,27,28)/t19-/m1/s1. The van der Waals surface area contributed by atoms with Gasteiger partial charge in [0.25, 0.3) is 5.91 Å². The third-order valence-electron chi connectivity index (χ3n) is 6.20. The van der Waals surface area contributed by atoms with Crippen LogP contribution >= 0.6 is 11.6 Å². The fourth-order valence-corrected chi connectivity index (χ4v) is 4.76. The molecule has 1 fully saturated rings. The molecule has 0 radical (unpaired) electrons. The van der Waals surface area contributed by atoms with Gasteiger partial charge in [0.15, 0.2) is 5.69 Å². The molecule has 0 bridgehead atoms. The lowest BCUT2D eigenvalue weighted by Gasteiger charge is -2.26. The summed E-state index contributed by atoms with van der Waals surface area (Å²) in [4.78, 5) is 26.8. The van der Waals surface area contributed by atoms with E-state index in [0.717, 1.165) is 60.2 Å². The lowest BCUT2D eigenvalue weighted by molar-refractivity contribution is 0.0726. The number of fused-ring (bicyclic) bond motifs is 1. The zero-order valence-corrected chi connectivity index (χ0v) is 18.5. The first-order valence-electron chi connectivity index (χ1n) is 10.7. The normalized spacial score (nSPS) is 17.8. The Balaban J connectivity index is 1.56. The Labute approximate surface area is 186 Å². The molecule has 1 N–H and O–H groups in total. The molecule has 1 saturated heterocycles. The van der Waals surface area contributed by atoms with E-state index in [-0.39, 0.29) is 11.9 Å². The van der Waals surface area contributed by atoms with Crippen LogP contribution in [0.1, 0.15) is 52.7 Å². The van der Waals surface area contributed by atoms with Crippen LogP contribution in [0, 0.1) is 0 Å². The van der Waals surface area contributed by atoms with E-state index in [0.29, 0.717) is 23.2 Å². The molecule has 0 saturated carbocycles. The number of H-pyrrole nitrogens is 1. The predicted molar refractivity (Wildman–Crippen MR) is 120 cm³/mol. The lowest BCUT2D eigenvalue weighted by atomic mass is 9.99. The summed E-state index contributed by atoms with van der Waals surface area (Å²) in [6, 6.07) is 7.56. The number of hydrogen-bond acceptors (Lipinski definition) is 5. The maximum absolute atomic E-state index is 13.5. The van der Waals surface area contributed by atoms with Gasteiger partial charge in [-0.15, -0.1) is 0 Å². The topological polar surface area (TPSA) is 78.0 Å². The van der Waals surface area contributed by atoms with Crippen LogP contribution in [-0.2, 0) is 12.8 Å². The SMILES string of the molecule is CN(C)c1ncc(-c2ccc(Cl)cc2)c([C@H]2CCCN2C(=O)c2n[nH]c3c2CCC3)n1. The van der Waals surface area contributed by atoms with E-state index >= 15 is 0 Å². The van der Waals surface area contributed by atoms with Crippen LogP contribution in [-0.4, -0.2) is 51.6 Å². The number of carbonyl (C=O) groups excluding carboxylic acids is 1. The highest BCUT2D eigenvalue weighted by Crippen LogP contribution is 2.38. The molecule has 2 aromatic heterocycles. The molecule has 3 aromatic rings. The van der Waals surface area contributed by atoms with Gasteiger partial charge in [-0.2, -0.15) is 5.10 Å². The number of anilines is 1. The van der Waals surface area contributed by atoms with E-state index in [1.165, 1.54) is 0 Å². The summed E-state index contributed by atoms with van der Waals surface area (Å²) in [5, 5.41) is 8.13. The Hall–Kier alpha value is -2.93. The van der Waals surface area contributed by atoms with Crippen LogP contribution < -0.4 is 4.90 Å². The van der Waals surface area contributed by atoms with Crippen molar-refractivity contribution in [3.8, 4) is 11.1 Å². The van der Waals surface area contributed by atoms with Gasteiger partial charge in [0.1, 0.15) is 0 Å². The van der Waals surface area contributed by atoms with E-state index in [1.54, 1.807) is 0 Å². The molecule has 1 aliphatic carbocycles. The summed E-state index contributed by atoms with van der Waals surface area (Å²) in [5.41, 5.74) is 5.57. The summed E-state index contributed by atoms with van der Waals surface area (Å²) in [6.07, 6.45) is 6.62. The van der Waals surface area contributed by atoms with Gasteiger partial charge in [-0.3, -0.25) is 9.89 Å². The van der Waals surface area contributed by atoms with Crippen LogP contribution in [0.2, 0.25) is 5.02 Å². The van der Waals surface area contributed by atoms with Crippen molar-refractivity contribution in [2.75, 3.05) is 25.5 Å². The number of halogens is 1. The number of carbonyl (C=O) groups is 1. The number of nitrogens with one attached hydrogen (secondary N) is 1. The summed E-state index contributed by atoms with van der Waals surface area (Å²) < 4.78 is 0. The Morgan fingerprint density at radius 2 is 2.00 bits per heavy atom. The van der Waals surface area contributed by atoms with Crippen LogP contribution in [0.3, 0.4) is 0 Å².